The van der Waals surface area contributed by atoms with Crippen molar-refractivity contribution in [2.45, 2.75) is 6.42 Å². The summed E-state index contributed by atoms with van der Waals surface area (Å²) in [6.45, 7) is 0.478. The van der Waals surface area contributed by atoms with E-state index >= 15 is 0 Å². The molecule has 0 unspecified atom stereocenters. The van der Waals surface area contributed by atoms with Gasteiger partial charge in [0.2, 0.25) is 0 Å². The third-order valence-electron chi connectivity index (χ3n) is 4.97. The Morgan fingerprint density at radius 1 is 1.06 bits per heavy atom. The molecule has 0 spiro atoms. The number of amides is 1. The lowest BCUT2D eigenvalue weighted by Crippen LogP contribution is -2.30. The van der Waals surface area contributed by atoms with Crippen molar-refractivity contribution < 1.29 is 18.7 Å². The highest BCUT2D eigenvalue weighted by Gasteiger charge is 2.32. The van der Waals surface area contributed by atoms with Gasteiger partial charge >= 0.3 is 0 Å². The fourth-order valence-corrected chi connectivity index (χ4v) is 4.71. The Morgan fingerprint density at radius 3 is 2.53 bits per heavy atom. The SMILES string of the molecule is COc1ccc(CCN2C(=O)/C(=C\c3ccc(-c4ccc(Cl)cc4)o3)SC2=S)cc1OC. The van der Waals surface area contributed by atoms with E-state index in [9.17, 15) is 4.79 Å². The van der Waals surface area contributed by atoms with E-state index in [0.29, 0.717) is 50.2 Å². The molecule has 0 atom stereocenters. The molecule has 1 fully saturated rings. The van der Waals surface area contributed by atoms with Crippen LogP contribution in [0.2, 0.25) is 5.02 Å². The second-order valence-electron chi connectivity index (χ2n) is 6.98. The van der Waals surface area contributed by atoms with Crippen LogP contribution in [0.15, 0.2) is 63.9 Å². The minimum absolute atomic E-state index is 0.120. The minimum atomic E-state index is -0.120. The van der Waals surface area contributed by atoms with Gasteiger partial charge in [0.05, 0.1) is 19.1 Å². The number of carbonyl (C=O) groups is 1. The predicted molar refractivity (Wildman–Crippen MR) is 132 cm³/mol. The van der Waals surface area contributed by atoms with E-state index in [0.717, 1.165) is 11.1 Å². The molecule has 1 amide bonds. The van der Waals surface area contributed by atoms with E-state index in [1.165, 1.54) is 11.8 Å². The Labute approximate surface area is 200 Å². The average Bonchev–Trinajstić information content (AvgIpc) is 3.37. The van der Waals surface area contributed by atoms with Crippen LogP contribution in [-0.2, 0) is 11.2 Å². The van der Waals surface area contributed by atoms with Crippen LogP contribution in [-0.4, -0.2) is 35.9 Å². The zero-order valence-corrected chi connectivity index (χ0v) is 19.9. The number of furan rings is 1. The zero-order valence-electron chi connectivity index (χ0n) is 17.5. The molecule has 0 radical (unpaired) electrons. The Kier molecular flexibility index (Phi) is 6.89. The first-order valence-electron chi connectivity index (χ1n) is 9.80. The van der Waals surface area contributed by atoms with E-state index in [4.69, 9.17) is 37.7 Å². The predicted octanol–water partition coefficient (Wildman–Crippen LogP) is 6.06. The molecular weight excluding hydrogens is 466 g/mol. The van der Waals surface area contributed by atoms with Crippen LogP contribution < -0.4 is 9.47 Å². The molecule has 32 heavy (non-hydrogen) atoms. The van der Waals surface area contributed by atoms with E-state index < -0.39 is 0 Å². The Bertz CT molecular complexity index is 1190. The first-order chi connectivity index (χ1) is 15.5. The third kappa shape index (κ3) is 4.85. The van der Waals surface area contributed by atoms with Crippen LogP contribution >= 0.6 is 35.6 Å². The fourth-order valence-electron chi connectivity index (χ4n) is 3.30. The van der Waals surface area contributed by atoms with E-state index in [-0.39, 0.29) is 5.91 Å². The molecule has 1 aliphatic rings. The molecule has 0 saturated carbocycles. The molecule has 2 heterocycles. The first kappa shape index (κ1) is 22.5. The van der Waals surface area contributed by atoms with Crippen molar-refractivity contribution in [3.8, 4) is 22.8 Å². The van der Waals surface area contributed by atoms with Crippen molar-refractivity contribution in [2.75, 3.05) is 20.8 Å². The van der Waals surface area contributed by atoms with Crippen molar-refractivity contribution in [3.05, 3.63) is 75.8 Å². The molecule has 1 saturated heterocycles. The lowest BCUT2D eigenvalue weighted by Gasteiger charge is -2.15. The largest absolute Gasteiger partial charge is 0.493 e. The highest BCUT2D eigenvalue weighted by atomic mass is 35.5. The molecule has 2 aromatic carbocycles. The maximum absolute atomic E-state index is 12.9. The summed E-state index contributed by atoms with van der Waals surface area (Å²) in [5.41, 5.74) is 1.94. The van der Waals surface area contributed by atoms with Gasteiger partial charge in [0, 0.05) is 23.2 Å². The monoisotopic (exact) mass is 485 g/mol. The lowest BCUT2D eigenvalue weighted by molar-refractivity contribution is -0.122. The van der Waals surface area contributed by atoms with Crippen LogP contribution in [0.3, 0.4) is 0 Å². The molecule has 5 nitrogen and oxygen atoms in total. The van der Waals surface area contributed by atoms with Gasteiger partial charge in [0.15, 0.2) is 11.5 Å². The molecule has 1 aromatic heterocycles. The quantitative estimate of drug-likeness (QED) is 0.299. The van der Waals surface area contributed by atoms with Crippen LogP contribution in [0, 0.1) is 0 Å². The van der Waals surface area contributed by atoms with Gasteiger partial charge in [-0.2, -0.15) is 0 Å². The van der Waals surface area contributed by atoms with E-state index in [1.807, 2.05) is 54.6 Å². The van der Waals surface area contributed by atoms with Gasteiger partial charge in [0.1, 0.15) is 15.8 Å². The summed E-state index contributed by atoms with van der Waals surface area (Å²) in [6.07, 6.45) is 2.37. The summed E-state index contributed by atoms with van der Waals surface area (Å²) in [7, 11) is 3.20. The second-order valence-corrected chi connectivity index (χ2v) is 9.09. The van der Waals surface area contributed by atoms with Crippen LogP contribution in [0.1, 0.15) is 11.3 Å². The second kappa shape index (κ2) is 9.81. The van der Waals surface area contributed by atoms with Crippen molar-refractivity contribution in [3.63, 3.8) is 0 Å². The molecule has 164 valence electrons. The van der Waals surface area contributed by atoms with Gasteiger partial charge in [0.25, 0.3) is 5.91 Å². The fraction of sp³-hybridized carbons (Fsp3) is 0.167. The molecule has 1 aliphatic heterocycles. The summed E-state index contributed by atoms with van der Waals surface area (Å²) in [5, 5.41) is 0.664. The number of ether oxygens (including phenoxy) is 2. The van der Waals surface area contributed by atoms with Gasteiger partial charge in [-0.25, -0.2) is 0 Å². The lowest BCUT2D eigenvalue weighted by atomic mass is 10.1. The number of rotatable bonds is 7. The summed E-state index contributed by atoms with van der Waals surface area (Å²) in [4.78, 5) is 15.1. The molecule has 0 bridgehead atoms. The number of methoxy groups -OCH3 is 2. The number of carbonyl (C=O) groups excluding carboxylic acids is 1. The standard InChI is InChI=1S/C24H20ClNO4S2/c1-28-20-9-3-15(13-21(20)29-2)11-12-26-23(27)22(32-24(26)31)14-18-8-10-19(30-18)16-4-6-17(25)7-5-16/h3-10,13-14H,11-12H2,1-2H3/b22-14+. The van der Waals surface area contributed by atoms with Crippen molar-refractivity contribution in [1.29, 1.82) is 0 Å². The van der Waals surface area contributed by atoms with Gasteiger partial charge < -0.3 is 13.9 Å². The number of hydrogen-bond acceptors (Lipinski definition) is 6. The van der Waals surface area contributed by atoms with Gasteiger partial charge in [-0.3, -0.25) is 9.69 Å². The highest BCUT2D eigenvalue weighted by Crippen LogP contribution is 2.34. The Hall–Kier alpha value is -2.74. The number of nitrogens with zero attached hydrogens (tertiary/aromatic N) is 1. The van der Waals surface area contributed by atoms with Gasteiger partial charge in [-0.15, -0.1) is 0 Å². The van der Waals surface area contributed by atoms with Gasteiger partial charge in [-0.1, -0.05) is 41.6 Å². The zero-order chi connectivity index (χ0) is 22.7. The molecular formula is C24H20ClNO4S2. The number of thioether (sulfide) groups is 1. The Morgan fingerprint density at radius 2 is 1.81 bits per heavy atom. The number of halogens is 1. The van der Waals surface area contributed by atoms with Crippen LogP contribution in [0.5, 0.6) is 11.5 Å². The van der Waals surface area contributed by atoms with Crippen LogP contribution in [0.4, 0.5) is 0 Å². The average molecular weight is 486 g/mol. The molecule has 8 heteroatoms. The molecule has 4 rings (SSSR count). The van der Waals surface area contributed by atoms with Gasteiger partial charge in [-0.05, 0) is 60.5 Å². The van der Waals surface area contributed by atoms with Crippen molar-refractivity contribution in [2.24, 2.45) is 0 Å². The maximum Gasteiger partial charge on any atom is 0.266 e. The third-order valence-corrected chi connectivity index (χ3v) is 6.60. The summed E-state index contributed by atoms with van der Waals surface area (Å²) in [6, 6.07) is 16.8. The molecule has 3 aromatic rings. The number of thiocarbonyl (C=S) groups is 1. The van der Waals surface area contributed by atoms with Crippen molar-refractivity contribution in [1.82, 2.24) is 4.90 Å². The number of benzene rings is 2. The smallest absolute Gasteiger partial charge is 0.266 e. The number of hydrogen-bond donors (Lipinski definition) is 0. The minimum Gasteiger partial charge on any atom is -0.493 e. The van der Waals surface area contributed by atoms with E-state index in [2.05, 4.69) is 0 Å². The van der Waals surface area contributed by atoms with Crippen molar-refractivity contribution >= 4 is 51.9 Å². The topological polar surface area (TPSA) is 51.9 Å². The summed E-state index contributed by atoms with van der Waals surface area (Å²) in [5.74, 6) is 2.50. The van der Waals surface area contributed by atoms with Crippen LogP contribution in [0.25, 0.3) is 17.4 Å². The normalized spacial score (nSPS) is 15.0. The molecule has 0 aliphatic carbocycles. The summed E-state index contributed by atoms with van der Waals surface area (Å²) >= 11 is 12.7. The molecule has 0 N–H and O–H groups in total. The highest BCUT2D eigenvalue weighted by molar-refractivity contribution is 8.26. The Balaban J connectivity index is 1.45. The summed E-state index contributed by atoms with van der Waals surface area (Å²) < 4.78 is 17.1. The van der Waals surface area contributed by atoms with E-state index in [1.54, 1.807) is 25.2 Å². The maximum atomic E-state index is 12.9. The first-order valence-corrected chi connectivity index (χ1v) is 11.4.